The van der Waals surface area contributed by atoms with Crippen molar-refractivity contribution in [1.82, 2.24) is 19.8 Å². The number of aromatic nitrogens is 2. The molecule has 0 N–H and O–H groups in total. The Kier molecular flexibility index (Phi) is 5.26. The summed E-state index contributed by atoms with van der Waals surface area (Å²) in [5.74, 6) is 0.0459. The first-order valence-electron chi connectivity index (χ1n) is 10.1. The standard InChI is InChI=1S/C24H22N4OS/c29-24(12-11-19-10-9-18-5-1-2-6-20(18)25-19)28-15-13-27(14-16-28)17-23-26-21-7-3-4-8-22(21)30-23/h1-12H,13-17H2. The summed E-state index contributed by atoms with van der Waals surface area (Å²) in [6.45, 7) is 4.05. The van der Waals surface area contributed by atoms with Gasteiger partial charge in [-0.15, -0.1) is 11.3 Å². The molecule has 0 atom stereocenters. The fourth-order valence-corrected chi connectivity index (χ4v) is 4.75. The smallest absolute Gasteiger partial charge is 0.246 e. The number of amides is 1. The van der Waals surface area contributed by atoms with Gasteiger partial charge in [0.25, 0.3) is 0 Å². The van der Waals surface area contributed by atoms with E-state index in [4.69, 9.17) is 4.98 Å². The van der Waals surface area contributed by atoms with E-state index in [9.17, 15) is 4.79 Å². The summed E-state index contributed by atoms with van der Waals surface area (Å²) in [6, 6.07) is 20.2. The van der Waals surface area contributed by atoms with Gasteiger partial charge in [-0.3, -0.25) is 9.69 Å². The predicted octanol–water partition coefficient (Wildman–Crippen LogP) is 4.20. The summed E-state index contributed by atoms with van der Waals surface area (Å²) in [5.41, 5.74) is 2.81. The van der Waals surface area contributed by atoms with Crippen LogP contribution in [0.5, 0.6) is 0 Å². The van der Waals surface area contributed by atoms with Crippen LogP contribution in [-0.4, -0.2) is 51.9 Å². The fourth-order valence-electron chi connectivity index (χ4n) is 3.74. The van der Waals surface area contributed by atoms with Gasteiger partial charge < -0.3 is 4.90 Å². The molecule has 1 aliphatic rings. The third-order valence-electron chi connectivity index (χ3n) is 5.40. The molecule has 150 valence electrons. The molecular formula is C24H22N4OS. The molecule has 1 aliphatic heterocycles. The summed E-state index contributed by atoms with van der Waals surface area (Å²) in [6.07, 6.45) is 3.45. The van der Waals surface area contributed by atoms with Crippen molar-refractivity contribution in [3.05, 3.63) is 77.4 Å². The van der Waals surface area contributed by atoms with Gasteiger partial charge in [0.15, 0.2) is 0 Å². The van der Waals surface area contributed by atoms with E-state index in [1.54, 1.807) is 17.4 Å². The zero-order valence-electron chi connectivity index (χ0n) is 16.6. The maximum absolute atomic E-state index is 12.6. The van der Waals surface area contributed by atoms with Gasteiger partial charge in [0.1, 0.15) is 5.01 Å². The van der Waals surface area contributed by atoms with Crippen LogP contribution in [0.3, 0.4) is 0 Å². The highest BCUT2D eigenvalue weighted by Crippen LogP contribution is 2.23. The van der Waals surface area contributed by atoms with Crippen molar-refractivity contribution in [1.29, 1.82) is 0 Å². The number of carbonyl (C=O) groups is 1. The third kappa shape index (κ3) is 4.10. The van der Waals surface area contributed by atoms with Gasteiger partial charge in [-0.05, 0) is 30.3 Å². The normalized spacial score (nSPS) is 15.4. The molecule has 0 unspecified atom stereocenters. The molecule has 2 aromatic carbocycles. The second kappa shape index (κ2) is 8.34. The van der Waals surface area contributed by atoms with Gasteiger partial charge in [0.2, 0.25) is 5.91 Å². The van der Waals surface area contributed by atoms with E-state index in [0.29, 0.717) is 0 Å². The van der Waals surface area contributed by atoms with Crippen LogP contribution in [0.15, 0.2) is 66.7 Å². The van der Waals surface area contributed by atoms with E-state index in [-0.39, 0.29) is 5.91 Å². The van der Waals surface area contributed by atoms with Crippen LogP contribution in [0.4, 0.5) is 0 Å². The maximum atomic E-state index is 12.6. The van der Waals surface area contributed by atoms with Crippen LogP contribution in [0.25, 0.3) is 27.2 Å². The summed E-state index contributed by atoms with van der Waals surface area (Å²) in [5, 5.41) is 2.24. The topological polar surface area (TPSA) is 49.3 Å². The number of benzene rings is 2. The molecule has 6 heteroatoms. The van der Waals surface area contributed by atoms with Gasteiger partial charge in [-0.2, -0.15) is 0 Å². The SMILES string of the molecule is O=C(C=Cc1ccc2ccccc2n1)N1CCN(Cc2nc3ccccc3s2)CC1. The lowest BCUT2D eigenvalue weighted by atomic mass is 10.2. The van der Waals surface area contributed by atoms with Gasteiger partial charge in [0, 0.05) is 37.6 Å². The van der Waals surface area contributed by atoms with Gasteiger partial charge >= 0.3 is 0 Å². The number of thiazole rings is 1. The first-order chi connectivity index (χ1) is 14.7. The third-order valence-corrected chi connectivity index (χ3v) is 6.42. The number of hydrogen-bond acceptors (Lipinski definition) is 5. The van der Waals surface area contributed by atoms with E-state index in [1.165, 1.54) is 4.70 Å². The molecule has 0 saturated carbocycles. The summed E-state index contributed by atoms with van der Waals surface area (Å²) in [4.78, 5) is 26.2. The minimum atomic E-state index is 0.0459. The molecule has 5 rings (SSSR count). The molecule has 1 saturated heterocycles. The van der Waals surface area contributed by atoms with E-state index in [1.807, 2.05) is 53.4 Å². The Labute approximate surface area is 179 Å². The number of nitrogens with zero attached hydrogens (tertiary/aromatic N) is 4. The largest absolute Gasteiger partial charge is 0.337 e. The monoisotopic (exact) mass is 414 g/mol. The molecule has 0 spiro atoms. The Balaban J connectivity index is 1.17. The van der Waals surface area contributed by atoms with Crippen LogP contribution in [0.2, 0.25) is 0 Å². The Bertz CT molecular complexity index is 1190. The fraction of sp³-hybridized carbons (Fsp3) is 0.208. The number of para-hydroxylation sites is 2. The van der Waals surface area contributed by atoms with Crippen LogP contribution >= 0.6 is 11.3 Å². The molecule has 0 aliphatic carbocycles. The van der Waals surface area contributed by atoms with Crippen molar-refractivity contribution in [2.24, 2.45) is 0 Å². The molecule has 0 radical (unpaired) electrons. The number of hydrogen-bond donors (Lipinski definition) is 0. The highest BCUT2D eigenvalue weighted by atomic mass is 32.1. The molecule has 3 heterocycles. The Morgan fingerprint density at radius 2 is 1.67 bits per heavy atom. The molecule has 4 aromatic rings. The van der Waals surface area contributed by atoms with E-state index >= 15 is 0 Å². The molecular weight excluding hydrogens is 392 g/mol. The van der Waals surface area contributed by atoms with Crippen molar-refractivity contribution in [3.63, 3.8) is 0 Å². The molecule has 2 aromatic heterocycles. The van der Waals surface area contributed by atoms with Gasteiger partial charge in [0.05, 0.1) is 28.0 Å². The highest BCUT2D eigenvalue weighted by molar-refractivity contribution is 7.18. The summed E-state index contributed by atoms with van der Waals surface area (Å²) < 4.78 is 1.23. The second-order valence-electron chi connectivity index (χ2n) is 7.44. The lowest BCUT2D eigenvalue weighted by Crippen LogP contribution is -2.47. The summed E-state index contributed by atoms with van der Waals surface area (Å²) >= 11 is 1.75. The minimum Gasteiger partial charge on any atom is -0.337 e. The van der Waals surface area contributed by atoms with Crippen LogP contribution in [0, 0.1) is 0 Å². The zero-order valence-corrected chi connectivity index (χ0v) is 17.4. The van der Waals surface area contributed by atoms with Crippen LogP contribution in [0.1, 0.15) is 10.7 Å². The number of carbonyl (C=O) groups excluding carboxylic acids is 1. The zero-order chi connectivity index (χ0) is 20.3. The van der Waals surface area contributed by atoms with Gasteiger partial charge in [-0.1, -0.05) is 36.4 Å². The van der Waals surface area contributed by atoms with E-state index < -0.39 is 0 Å². The Morgan fingerprint density at radius 1 is 0.900 bits per heavy atom. The lowest BCUT2D eigenvalue weighted by molar-refractivity contribution is -0.127. The predicted molar refractivity (Wildman–Crippen MR) is 122 cm³/mol. The molecule has 1 amide bonds. The first-order valence-corrected chi connectivity index (χ1v) is 11.0. The quantitative estimate of drug-likeness (QED) is 0.470. The average Bonchev–Trinajstić information content (AvgIpc) is 3.20. The highest BCUT2D eigenvalue weighted by Gasteiger charge is 2.20. The Hall–Kier alpha value is -3.09. The van der Waals surface area contributed by atoms with Crippen LogP contribution in [-0.2, 0) is 11.3 Å². The Morgan fingerprint density at radius 3 is 2.50 bits per heavy atom. The molecule has 30 heavy (non-hydrogen) atoms. The van der Waals surface area contributed by atoms with Crippen molar-refractivity contribution in [2.75, 3.05) is 26.2 Å². The average molecular weight is 415 g/mol. The minimum absolute atomic E-state index is 0.0459. The number of pyridine rings is 1. The summed E-state index contributed by atoms with van der Waals surface area (Å²) in [7, 11) is 0. The van der Waals surface area contributed by atoms with Crippen molar-refractivity contribution < 1.29 is 4.79 Å². The van der Waals surface area contributed by atoms with Crippen molar-refractivity contribution in [3.8, 4) is 0 Å². The molecule has 1 fully saturated rings. The van der Waals surface area contributed by atoms with E-state index in [2.05, 4.69) is 28.1 Å². The number of fused-ring (bicyclic) bond motifs is 2. The van der Waals surface area contributed by atoms with Gasteiger partial charge in [-0.25, -0.2) is 9.97 Å². The van der Waals surface area contributed by atoms with E-state index in [0.717, 1.165) is 59.8 Å². The lowest BCUT2D eigenvalue weighted by Gasteiger charge is -2.33. The van der Waals surface area contributed by atoms with Crippen molar-refractivity contribution in [2.45, 2.75) is 6.54 Å². The molecule has 0 bridgehead atoms. The maximum Gasteiger partial charge on any atom is 0.246 e. The molecule has 5 nitrogen and oxygen atoms in total. The second-order valence-corrected chi connectivity index (χ2v) is 8.55. The first kappa shape index (κ1) is 18.9. The van der Waals surface area contributed by atoms with Crippen molar-refractivity contribution >= 4 is 44.4 Å². The number of piperazine rings is 1. The number of rotatable bonds is 4. The van der Waals surface area contributed by atoms with Crippen LogP contribution < -0.4 is 0 Å².